The third kappa shape index (κ3) is 2.96. The minimum absolute atomic E-state index is 0.157. The maximum atomic E-state index is 12.0. The van der Waals surface area contributed by atoms with Crippen LogP contribution < -0.4 is 10.3 Å². The number of nitrogens with one attached hydrogen (secondary N) is 1. The fourth-order valence-corrected chi connectivity index (χ4v) is 1.07. The van der Waals surface area contributed by atoms with Crippen LogP contribution in [0, 0.1) is 10.1 Å². The minimum atomic E-state index is -5.29. The van der Waals surface area contributed by atoms with E-state index >= 15 is 0 Å². The van der Waals surface area contributed by atoms with E-state index in [1.165, 1.54) is 4.98 Å². The number of hydrogen-bond donors (Lipinski definition) is 2. The topological polar surface area (TPSA) is 123 Å². The summed E-state index contributed by atoms with van der Waals surface area (Å²) in [7, 11) is 0. The highest BCUT2D eigenvalue weighted by Gasteiger charge is 2.36. The number of pyridine rings is 1. The average molecular weight is 268 g/mol. The van der Waals surface area contributed by atoms with Gasteiger partial charge in [-0.25, -0.2) is 14.6 Å². The summed E-state index contributed by atoms with van der Waals surface area (Å²) in [6.07, 6.45) is -5.29. The summed E-state index contributed by atoms with van der Waals surface area (Å²) in [5, 5.41) is 19.0. The number of H-pyrrole nitrogens is 1. The number of nitro groups is 1. The van der Waals surface area contributed by atoms with Crippen molar-refractivity contribution < 1.29 is 32.7 Å². The molecule has 0 radical (unpaired) electrons. The van der Waals surface area contributed by atoms with E-state index in [9.17, 15) is 32.9 Å². The monoisotopic (exact) mass is 268 g/mol. The molecular weight excluding hydrogens is 265 g/mol. The number of nitrogens with zero attached hydrogens (tertiary/aromatic N) is 1. The van der Waals surface area contributed by atoms with Gasteiger partial charge in [-0.1, -0.05) is 0 Å². The molecule has 0 unspecified atom stereocenters. The Morgan fingerprint density at radius 3 is 2.44 bits per heavy atom. The van der Waals surface area contributed by atoms with Crippen LogP contribution in [0.1, 0.15) is 10.4 Å². The van der Waals surface area contributed by atoms with E-state index in [0.29, 0.717) is 0 Å². The summed E-state index contributed by atoms with van der Waals surface area (Å²) < 4.78 is 39.1. The Balaban J connectivity index is 3.54. The van der Waals surface area contributed by atoms with Crippen LogP contribution in [0.5, 0.6) is 5.75 Å². The molecule has 1 rings (SSSR count). The number of carboxylic acids is 1. The van der Waals surface area contributed by atoms with Crippen molar-refractivity contribution in [1.29, 1.82) is 0 Å². The van der Waals surface area contributed by atoms with Crippen molar-refractivity contribution in [3.63, 3.8) is 0 Å². The van der Waals surface area contributed by atoms with Gasteiger partial charge < -0.3 is 20.0 Å². The summed E-state index contributed by atoms with van der Waals surface area (Å²) in [5.41, 5.74) is -2.69. The van der Waals surface area contributed by atoms with Gasteiger partial charge in [0.15, 0.2) is 11.3 Å². The van der Waals surface area contributed by atoms with Crippen LogP contribution in [0.15, 0.2) is 10.9 Å². The van der Waals surface area contributed by atoms with Crippen molar-refractivity contribution in [1.82, 2.24) is 4.98 Å². The van der Waals surface area contributed by atoms with Crippen LogP contribution in [-0.4, -0.2) is 27.3 Å². The van der Waals surface area contributed by atoms with Crippen molar-refractivity contribution in [2.24, 2.45) is 0 Å². The molecule has 98 valence electrons. The number of aromatic carboxylic acids is 1. The third-order valence-corrected chi connectivity index (χ3v) is 1.61. The molecule has 0 aliphatic heterocycles. The first-order chi connectivity index (χ1) is 8.11. The summed E-state index contributed by atoms with van der Waals surface area (Å²) in [4.78, 5) is 32.1. The van der Waals surface area contributed by atoms with Gasteiger partial charge in [-0.05, 0) is 4.92 Å². The summed E-state index contributed by atoms with van der Waals surface area (Å²) in [5.74, 6) is -4.89. The molecule has 18 heavy (non-hydrogen) atoms. The molecule has 0 fully saturated rings. The number of alkyl halides is 3. The van der Waals surface area contributed by atoms with E-state index in [1.807, 2.05) is 0 Å². The predicted molar refractivity (Wildman–Crippen MR) is 47.4 cm³/mol. The molecule has 0 amide bonds. The molecule has 0 bridgehead atoms. The van der Waals surface area contributed by atoms with E-state index in [4.69, 9.17) is 5.11 Å². The van der Waals surface area contributed by atoms with Crippen molar-refractivity contribution in [3.8, 4) is 5.75 Å². The van der Waals surface area contributed by atoms with Gasteiger partial charge in [0.1, 0.15) is 0 Å². The fourth-order valence-electron chi connectivity index (χ4n) is 1.07. The summed E-state index contributed by atoms with van der Waals surface area (Å²) >= 11 is 0. The van der Waals surface area contributed by atoms with Gasteiger partial charge >= 0.3 is 23.7 Å². The zero-order chi connectivity index (χ0) is 14.1. The van der Waals surface area contributed by atoms with Gasteiger partial charge in [0.05, 0.1) is 6.07 Å². The molecule has 0 saturated heterocycles. The lowest BCUT2D eigenvalue weighted by Crippen LogP contribution is -2.22. The Morgan fingerprint density at radius 2 is 2.06 bits per heavy atom. The molecule has 2 N–H and O–H groups in total. The van der Waals surface area contributed by atoms with Gasteiger partial charge in [0.2, 0.25) is 0 Å². The number of halogens is 3. The first-order valence-corrected chi connectivity index (χ1v) is 4.02. The first kappa shape index (κ1) is 13.5. The number of aromatic amines is 1. The number of ether oxygens (including phenoxy) is 1. The van der Waals surface area contributed by atoms with E-state index in [-0.39, 0.29) is 6.07 Å². The Hall–Kier alpha value is -2.59. The second kappa shape index (κ2) is 4.35. The summed E-state index contributed by atoms with van der Waals surface area (Å²) in [6.45, 7) is 0. The molecular formula is C7H3F3N2O6. The highest BCUT2D eigenvalue weighted by atomic mass is 19.4. The maximum absolute atomic E-state index is 12.0. The van der Waals surface area contributed by atoms with Crippen LogP contribution >= 0.6 is 0 Å². The molecule has 1 aromatic heterocycles. The normalized spacial score (nSPS) is 11.1. The molecule has 0 aromatic carbocycles. The molecule has 8 nitrogen and oxygen atoms in total. The second-order valence-electron chi connectivity index (χ2n) is 2.83. The predicted octanol–water partition coefficient (Wildman–Crippen LogP) is 0.880. The summed E-state index contributed by atoms with van der Waals surface area (Å²) in [6, 6.07) is 0.157. The van der Waals surface area contributed by atoms with Crippen molar-refractivity contribution in [2.75, 3.05) is 0 Å². The number of rotatable bonds is 3. The zero-order valence-electron chi connectivity index (χ0n) is 8.15. The molecule has 0 saturated carbocycles. The zero-order valence-corrected chi connectivity index (χ0v) is 8.15. The van der Waals surface area contributed by atoms with Crippen LogP contribution in [0.4, 0.5) is 19.0 Å². The van der Waals surface area contributed by atoms with Crippen molar-refractivity contribution in [3.05, 3.63) is 32.1 Å². The van der Waals surface area contributed by atoms with Gasteiger partial charge in [-0.2, -0.15) is 0 Å². The van der Waals surface area contributed by atoms with Crippen LogP contribution in [0.2, 0.25) is 0 Å². The molecule has 0 spiro atoms. The van der Waals surface area contributed by atoms with Crippen LogP contribution in [0.25, 0.3) is 0 Å². The molecule has 1 heterocycles. The lowest BCUT2D eigenvalue weighted by atomic mass is 10.2. The number of aromatic nitrogens is 1. The number of carboxylic acid groups (broad SMARTS) is 1. The van der Waals surface area contributed by atoms with E-state index in [1.54, 1.807) is 0 Å². The van der Waals surface area contributed by atoms with Gasteiger partial charge in [0, 0.05) is 0 Å². The quantitative estimate of drug-likeness (QED) is 0.619. The molecule has 11 heteroatoms. The number of hydrogen-bond acceptors (Lipinski definition) is 5. The largest absolute Gasteiger partial charge is 0.573 e. The number of carbonyl (C=O) groups is 1. The second-order valence-corrected chi connectivity index (χ2v) is 2.83. The van der Waals surface area contributed by atoms with E-state index < -0.39 is 39.9 Å². The Morgan fingerprint density at radius 1 is 1.50 bits per heavy atom. The lowest BCUT2D eigenvalue weighted by Gasteiger charge is -2.10. The Labute approximate surface area is 94.8 Å². The molecule has 0 aliphatic rings. The lowest BCUT2D eigenvalue weighted by molar-refractivity contribution is -0.390. The van der Waals surface area contributed by atoms with E-state index in [0.717, 1.165) is 0 Å². The fraction of sp³-hybridized carbons (Fsp3) is 0.143. The molecule has 0 aliphatic carbocycles. The maximum Gasteiger partial charge on any atom is 0.573 e. The van der Waals surface area contributed by atoms with Crippen molar-refractivity contribution >= 4 is 11.8 Å². The minimum Gasteiger partial charge on any atom is -0.477 e. The Kier molecular flexibility index (Phi) is 3.26. The molecule has 1 aromatic rings. The highest BCUT2D eigenvalue weighted by molar-refractivity contribution is 5.94. The van der Waals surface area contributed by atoms with Gasteiger partial charge in [0.25, 0.3) is 0 Å². The smallest absolute Gasteiger partial charge is 0.477 e. The van der Waals surface area contributed by atoms with Crippen molar-refractivity contribution in [2.45, 2.75) is 6.36 Å². The van der Waals surface area contributed by atoms with Gasteiger partial charge in [-0.15, -0.1) is 13.2 Å². The SMILES string of the molecule is O=C(O)c1c(OC(F)(F)F)cc(=O)[nH]c1[N+](=O)[O-]. The first-order valence-electron chi connectivity index (χ1n) is 4.02. The standard InChI is InChI=1S/C7H3F3N2O6/c8-7(9,10)18-2-1-3(13)11-5(12(16)17)4(2)6(14)15/h1H,(H,11,13)(H,14,15). The molecule has 0 atom stereocenters. The average Bonchev–Trinajstić information content (AvgIpc) is 2.12. The third-order valence-electron chi connectivity index (χ3n) is 1.61. The highest BCUT2D eigenvalue weighted by Crippen LogP contribution is 2.29. The van der Waals surface area contributed by atoms with Crippen LogP contribution in [-0.2, 0) is 0 Å². The van der Waals surface area contributed by atoms with Crippen LogP contribution in [0.3, 0.4) is 0 Å². The van der Waals surface area contributed by atoms with E-state index in [2.05, 4.69) is 4.74 Å². The van der Waals surface area contributed by atoms with Gasteiger partial charge in [-0.3, -0.25) is 0 Å². The Bertz CT molecular complexity index is 563.